The number of rotatable bonds is 5. The summed E-state index contributed by atoms with van der Waals surface area (Å²) in [4.78, 5) is 10.8. The van der Waals surface area contributed by atoms with E-state index in [0.717, 1.165) is 0 Å². The third-order valence-electron chi connectivity index (χ3n) is 0.928. The molecule has 2 atom stereocenters. The van der Waals surface area contributed by atoms with Crippen molar-refractivity contribution in [3.8, 4) is 0 Å². The average molecular weight is 209 g/mol. The Balaban J connectivity index is 3.83. The fraction of sp³-hybridized carbons (Fsp3) is 0.500. The van der Waals surface area contributed by atoms with E-state index in [1.165, 1.54) is 6.08 Å². The van der Waals surface area contributed by atoms with Gasteiger partial charge in [-0.2, -0.15) is 12.6 Å². The molecule has 0 heterocycles. The minimum atomic E-state index is -1.65. The first-order chi connectivity index (χ1) is 5.61. The average Bonchev–Trinajstić information content (AvgIpc) is 2.03. The van der Waals surface area contributed by atoms with Crippen molar-refractivity contribution in [3.05, 3.63) is 12.7 Å². The van der Waals surface area contributed by atoms with Crippen molar-refractivity contribution in [2.24, 2.45) is 5.73 Å². The number of carbonyl (C=O) groups is 1. The minimum Gasteiger partial charge on any atom is -0.362 e. The number of carbonyl (C=O) groups excluding carboxylic acids is 1. The molecule has 0 aliphatic heterocycles. The highest BCUT2D eigenvalue weighted by molar-refractivity contribution is 7.81. The molecule has 0 rings (SSSR count). The van der Waals surface area contributed by atoms with Crippen LogP contribution in [0.5, 0.6) is 0 Å². The molecule has 0 saturated heterocycles. The molecular formula is C6H11NO3S2. The molecule has 2 N–H and O–H groups in total. The number of hydrogen-bond donors (Lipinski definition) is 2. The highest BCUT2D eigenvalue weighted by Gasteiger charge is 2.15. The highest BCUT2D eigenvalue weighted by atomic mass is 32.2. The molecule has 0 aliphatic carbocycles. The summed E-state index contributed by atoms with van der Waals surface area (Å²) in [6.07, 6.45) is 1.40. The number of thiol groups is 1. The number of hydrogen-bond acceptors (Lipinski definition) is 5. The molecule has 0 fully saturated rings. The molecule has 2 unspecified atom stereocenters. The van der Waals surface area contributed by atoms with Crippen LogP contribution in [0, 0.1) is 0 Å². The van der Waals surface area contributed by atoms with Gasteiger partial charge in [0.15, 0.2) is 0 Å². The van der Waals surface area contributed by atoms with E-state index < -0.39 is 23.1 Å². The van der Waals surface area contributed by atoms with Crippen molar-refractivity contribution < 1.29 is 13.2 Å². The molecule has 0 amide bonds. The summed E-state index contributed by atoms with van der Waals surface area (Å²) in [7, 11) is 0. The van der Waals surface area contributed by atoms with Crippen LogP contribution < -0.4 is 5.73 Å². The summed E-state index contributed by atoms with van der Waals surface area (Å²) in [5.74, 6) is -0.417. The third-order valence-corrected chi connectivity index (χ3v) is 2.18. The SMILES string of the molecule is C=CCS(=O)OC(=O)C(N)CS. The second-order valence-corrected chi connectivity index (χ2v) is 3.42. The Morgan fingerprint density at radius 2 is 2.42 bits per heavy atom. The van der Waals surface area contributed by atoms with E-state index in [1.54, 1.807) is 0 Å². The van der Waals surface area contributed by atoms with E-state index in [0.29, 0.717) is 0 Å². The molecule has 0 saturated carbocycles. The lowest BCUT2D eigenvalue weighted by Gasteiger charge is -2.05. The van der Waals surface area contributed by atoms with Gasteiger partial charge in [0.1, 0.15) is 6.04 Å². The quantitative estimate of drug-likeness (QED) is 0.479. The molecule has 0 spiro atoms. The van der Waals surface area contributed by atoms with Crippen LogP contribution in [0.25, 0.3) is 0 Å². The molecule has 0 aromatic heterocycles. The lowest BCUT2D eigenvalue weighted by atomic mass is 10.4. The van der Waals surface area contributed by atoms with Gasteiger partial charge < -0.3 is 9.92 Å². The van der Waals surface area contributed by atoms with Crippen molar-refractivity contribution in [3.63, 3.8) is 0 Å². The lowest BCUT2D eigenvalue weighted by Crippen LogP contribution is -2.34. The molecule has 0 aromatic rings. The zero-order valence-corrected chi connectivity index (χ0v) is 8.14. The standard InChI is InChI=1S/C6H11NO3S2/c1-2-3-12(9)10-6(8)5(7)4-11/h2,5,11H,1,3-4,7H2. The molecule has 0 aromatic carbocycles. The highest BCUT2D eigenvalue weighted by Crippen LogP contribution is 1.93. The fourth-order valence-corrected chi connectivity index (χ4v) is 1.07. The zero-order valence-electron chi connectivity index (χ0n) is 6.43. The maximum absolute atomic E-state index is 10.8. The Morgan fingerprint density at radius 1 is 1.83 bits per heavy atom. The maximum Gasteiger partial charge on any atom is 0.337 e. The lowest BCUT2D eigenvalue weighted by molar-refractivity contribution is -0.134. The van der Waals surface area contributed by atoms with Crippen molar-refractivity contribution in [2.75, 3.05) is 11.5 Å². The van der Waals surface area contributed by atoms with Crippen molar-refractivity contribution in [1.82, 2.24) is 0 Å². The first-order valence-corrected chi connectivity index (χ1v) is 5.07. The van der Waals surface area contributed by atoms with E-state index in [2.05, 4.69) is 23.4 Å². The van der Waals surface area contributed by atoms with Crippen LogP contribution in [-0.4, -0.2) is 27.7 Å². The van der Waals surface area contributed by atoms with Gasteiger partial charge >= 0.3 is 5.97 Å². The predicted molar refractivity (Wildman–Crippen MR) is 51.1 cm³/mol. The van der Waals surface area contributed by atoms with Crippen LogP contribution in [0.4, 0.5) is 0 Å². The summed E-state index contributed by atoms with van der Waals surface area (Å²) in [5.41, 5.74) is 5.25. The normalized spacial score (nSPS) is 14.8. The third kappa shape index (κ3) is 4.53. The van der Waals surface area contributed by atoms with Gasteiger partial charge in [0, 0.05) is 5.75 Å². The van der Waals surface area contributed by atoms with Crippen LogP contribution in [0.15, 0.2) is 12.7 Å². The molecule has 0 aliphatic rings. The fourth-order valence-electron chi connectivity index (χ4n) is 0.358. The molecule has 70 valence electrons. The van der Waals surface area contributed by atoms with Gasteiger partial charge in [-0.3, -0.25) is 0 Å². The summed E-state index contributed by atoms with van der Waals surface area (Å²) in [6.45, 7) is 3.34. The van der Waals surface area contributed by atoms with Gasteiger partial charge in [0.25, 0.3) is 0 Å². The van der Waals surface area contributed by atoms with Crippen molar-refractivity contribution in [2.45, 2.75) is 6.04 Å². The van der Waals surface area contributed by atoms with Crippen LogP contribution in [-0.2, 0) is 20.1 Å². The van der Waals surface area contributed by atoms with Gasteiger partial charge in [-0.1, -0.05) is 6.08 Å². The summed E-state index contributed by atoms with van der Waals surface area (Å²) in [6, 6.07) is -0.818. The Hall–Kier alpha value is -0.330. The summed E-state index contributed by atoms with van der Waals surface area (Å²) in [5, 5.41) is 0. The first-order valence-electron chi connectivity index (χ1n) is 3.19. The van der Waals surface area contributed by atoms with Gasteiger partial charge in [0.05, 0.1) is 5.75 Å². The monoisotopic (exact) mass is 209 g/mol. The smallest absolute Gasteiger partial charge is 0.337 e. The molecule has 4 nitrogen and oxygen atoms in total. The summed E-state index contributed by atoms with van der Waals surface area (Å²) >= 11 is 2.13. The minimum absolute atomic E-state index is 0.116. The molecule has 6 heteroatoms. The van der Waals surface area contributed by atoms with Crippen LogP contribution in [0.3, 0.4) is 0 Å². The largest absolute Gasteiger partial charge is 0.362 e. The van der Waals surface area contributed by atoms with E-state index in [9.17, 15) is 9.00 Å². The molecular weight excluding hydrogens is 198 g/mol. The van der Waals surface area contributed by atoms with E-state index in [-0.39, 0.29) is 11.5 Å². The number of nitrogens with two attached hydrogens (primary N) is 1. The second kappa shape index (κ2) is 6.22. The first kappa shape index (κ1) is 11.7. The Kier molecular flexibility index (Phi) is 6.04. The van der Waals surface area contributed by atoms with Crippen LogP contribution in [0.1, 0.15) is 0 Å². The Morgan fingerprint density at radius 3 is 2.83 bits per heavy atom. The maximum atomic E-state index is 10.8. The summed E-state index contributed by atoms with van der Waals surface area (Å²) < 4.78 is 15.2. The zero-order chi connectivity index (χ0) is 9.56. The Labute approximate surface area is 79.2 Å². The second-order valence-electron chi connectivity index (χ2n) is 1.95. The topological polar surface area (TPSA) is 69.4 Å². The van der Waals surface area contributed by atoms with Gasteiger partial charge in [-0.05, 0) is 0 Å². The van der Waals surface area contributed by atoms with Gasteiger partial charge in [-0.25, -0.2) is 9.00 Å². The van der Waals surface area contributed by atoms with Gasteiger partial charge in [-0.15, -0.1) is 6.58 Å². The van der Waals surface area contributed by atoms with E-state index >= 15 is 0 Å². The van der Waals surface area contributed by atoms with E-state index in [4.69, 9.17) is 5.73 Å². The van der Waals surface area contributed by atoms with Crippen molar-refractivity contribution in [1.29, 1.82) is 0 Å². The van der Waals surface area contributed by atoms with Gasteiger partial charge in [0.2, 0.25) is 11.1 Å². The van der Waals surface area contributed by atoms with E-state index in [1.807, 2.05) is 0 Å². The molecule has 0 bridgehead atoms. The predicted octanol–water partition coefficient (Wildman–Crippen LogP) is -0.364. The molecule has 0 radical (unpaired) electrons. The van der Waals surface area contributed by atoms with Crippen LogP contribution >= 0.6 is 12.6 Å². The van der Waals surface area contributed by atoms with Crippen molar-refractivity contribution >= 4 is 29.7 Å². The Bertz CT molecular complexity index is 195. The van der Waals surface area contributed by atoms with Crippen LogP contribution in [0.2, 0.25) is 0 Å². The molecule has 12 heavy (non-hydrogen) atoms.